The molecule has 114 valence electrons. The van der Waals surface area contributed by atoms with Crippen LogP contribution in [0.15, 0.2) is 36.9 Å². The van der Waals surface area contributed by atoms with Crippen LogP contribution in [0.5, 0.6) is 0 Å². The van der Waals surface area contributed by atoms with Crippen molar-refractivity contribution in [3.63, 3.8) is 0 Å². The van der Waals surface area contributed by atoms with Gasteiger partial charge in [0.1, 0.15) is 6.04 Å². The second kappa shape index (κ2) is 8.21. The molecule has 0 saturated heterocycles. The molecule has 0 spiro atoms. The Labute approximate surface area is 125 Å². The molecule has 0 heterocycles. The molecule has 1 rings (SSSR count). The van der Waals surface area contributed by atoms with Gasteiger partial charge in [-0.05, 0) is 23.6 Å². The van der Waals surface area contributed by atoms with Crippen LogP contribution in [0.25, 0.3) is 0 Å². The molecule has 0 aliphatic rings. The molecule has 0 radical (unpaired) electrons. The first-order valence-corrected chi connectivity index (χ1v) is 6.91. The van der Waals surface area contributed by atoms with Gasteiger partial charge in [-0.1, -0.05) is 32.1 Å². The van der Waals surface area contributed by atoms with Gasteiger partial charge < -0.3 is 15.7 Å². The Kier molecular flexibility index (Phi) is 6.62. The van der Waals surface area contributed by atoms with Gasteiger partial charge in [-0.25, -0.2) is 0 Å². The molecule has 0 fully saturated rings. The highest BCUT2D eigenvalue weighted by Crippen LogP contribution is 2.17. The summed E-state index contributed by atoms with van der Waals surface area (Å²) in [4.78, 5) is 22.9. The summed E-state index contributed by atoms with van der Waals surface area (Å²) in [5.41, 5.74) is 1.85. The molecule has 5 heteroatoms. The molecular formula is C16H22N2O3. The van der Waals surface area contributed by atoms with Crippen molar-refractivity contribution in [3.05, 3.63) is 42.5 Å². The lowest BCUT2D eigenvalue weighted by Gasteiger charge is -2.13. The second-order valence-electron chi connectivity index (χ2n) is 5.12. The van der Waals surface area contributed by atoms with Crippen LogP contribution in [-0.2, 0) is 9.59 Å². The summed E-state index contributed by atoms with van der Waals surface area (Å²) in [7, 11) is 0. The molecule has 1 atom stereocenters. The van der Waals surface area contributed by atoms with Crippen LogP contribution in [0.4, 0.5) is 5.69 Å². The maximum absolute atomic E-state index is 11.9. The zero-order chi connectivity index (χ0) is 15.8. The van der Waals surface area contributed by atoms with Crippen LogP contribution in [0, 0.1) is 0 Å². The predicted molar refractivity (Wildman–Crippen MR) is 83.4 cm³/mol. The van der Waals surface area contributed by atoms with E-state index in [4.69, 9.17) is 5.11 Å². The van der Waals surface area contributed by atoms with Crippen molar-refractivity contribution in [1.82, 2.24) is 5.32 Å². The Morgan fingerprint density at radius 3 is 2.38 bits per heavy atom. The van der Waals surface area contributed by atoms with E-state index >= 15 is 0 Å². The van der Waals surface area contributed by atoms with Gasteiger partial charge in [0.05, 0.1) is 6.42 Å². The molecule has 3 N–H and O–H groups in total. The summed E-state index contributed by atoms with van der Waals surface area (Å²) >= 11 is 0. The Bertz CT molecular complexity index is 495. The first-order valence-electron chi connectivity index (χ1n) is 6.91. The van der Waals surface area contributed by atoms with E-state index in [1.165, 1.54) is 5.56 Å². The number of hydrogen-bond donors (Lipinski definition) is 3. The topological polar surface area (TPSA) is 78.4 Å². The van der Waals surface area contributed by atoms with E-state index in [0.717, 1.165) is 0 Å². The number of carbonyl (C=O) groups excluding carboxylic acids is 1. The molecule has 5 nitrogen and oxygen atoms in total. The normalized spacial score (nSPS) is 12.0. The van der Waals surface area contributed by atoms with E-state index in [9.17, 15) is 9.59 Å². The molecule has 1 aromatic carbocycles. The minimum Gasteiger partial charge on any atom is -0.480 e. The minimum atomic E-state index is -1.05. The minimum absolute atomic E-state index is 0.130. The number of carboxylic acids is 1. The molecule has 0 aromatic heterocycles. The summed E-state index contributed by atoms with van der Waals surface area (Å²) in [6.45, 7) is 8.03. The third-order valence-electron chi connectivity index (χ3n) is 3.06. The molecule has 1 unspecified atom stereocenters. The van der Waals surface area contributed by atoms with E-state index in [0.29, 0.717) is 18.2 Å². The summed E-state index contributed by atoms with van der Waals surface area (Å²) in [5.74, 6) is -0.965. The number of carbonyl (C=O) groups is 2. The fourth-order valence-electron chi connectivity index (χ4n) is 1.82. The lowest BCUT2D eigenvalue weighted by molar-refractivity contribution is -0.140. The molecule has 0 bridgehead atoms. The van der Waals surface area contributed by atoms with Crippen LogP contribution < -0.4 is 10.6 Å². The van der Waals surface area contributed by atoms with Crippen LogP contribution in [0.2, 0.25) is 0 Å². The number of aliphatic carboxylic acids is 1. The fraction of sp³-hybridized carbons (Fsp3) is 0.375. The van der Waals surface area contributed by atoms with E-state index in [1.54, 1.807) is 6.08 Å². The Balaban J connectivity index is 2.58. The lowest BCUT2D eigenvalue weighted by atomic mass is 10.0. The summed E-state index contributed by atoms with van der Waals surface area (Å²) in [6.07, 6.45) is 1.42. The number of hydrogen-bond acceptors (Lipinski definition) is 3. The van der Waals surface area contributed by atoms with Gasteiger partial charge in [-0.3, -0.25) is 9.59 Å². The first kappa shape index (κ1) is 16.9. The van der Waals surface area contributed by atoms with Crippen LogP contribution in [-0.4, -0.2) is 29.6 Å². The van der Waals surface area contributed by atoms with Gasteiger partial charge >= 0.3 is 5.97 Å². The maximum atomic E-state index is 11.9. The molecule has 0 aliphatic carbocycles. The summed E-state index contributed by atoms with van der Waals surface area (Å²) in [6, 6.07) is 6.62. The quantitative estimate of drug-likeness (QED) is 0.642. The average molecular weight is 290 g/mol. The van der Waals surface area contributed by atoms with Crippen molar-refractivity contribution >= 4 is 17.6 Å². The molecule has 0 aliphatic heterocycles. The average Bonchev–Trinajstić information content (AvgIpc) is 2.43. The Hall–Kier alpha value is -2.14. The smallest absolute Gasteiger partial charge is 0.321 e. The number of amides is 1. The van der Waals surface area contributed by atoms with Gasteiger partial charge in [-0.2, -0.15) is 0 Å². The third-order valence-corrected chi connectivity index (χ3v) is 3.06. The fourth-order valence-corrected chi connectivity index (χ4v) is 1.82. The SMILES string of the molecule is C=CCNC(CC(=O)Nc1ccc(C(C)C)cc1)C(=O)O. The van der Waals surface area contributed by atoms with Crippen LogP contribution in [0.3, 0.4) is 0 Å². The molecule has 0 saturated carbocycles. The van der Waals surface area contributed by atoms with E-state index < -0.39 is 12.0 Å². The van der Waals surface area contributed by atoms with Crippen molar-refractivity contribution in [3.8, 4) is 0 Å². The molecular weight excluding hydrogens is 268 g/mol. The zero-order valence-corrected chi connectivity index (χ0v) is 12.4. The van der Waals surface area contributed by atoms with Gasteiger partial charge in [0, 0.05) is 12.2 Å². The maximum Gasteiger partial charge on any atom is 0.321 e. The Morgan fingerprint density at radius 2 is 1.90 bits per heavy atom. The molecule has 1 aromatic rings. The van der Waals surface area contributed by atoms with Crippen LogP contribution >= 0.6 is 0 Å². The van der Waals surface area contributed by atoms with Gasteiger partial charge in [-0.15, -0.1) is 6.58 Å². The van der Waals surface area contributed by atoms with Crippen molar-refractivity contribution in [1.29, 1.82) is 0 Å². The number of carboxylic acid groups (broad SMARTS) is 1. The van der Waals surface area contributed by atoms with Crippen molar-refractivity contribution in [2.45, 2.75) is 32.2 Å². The highest BCUT2D eigenvalue weighted by atomic mass is 16.4. The first-order chi connectivity index (χ1) is 9.93. The predicted octanol–water partition coefficient (Wildman–Crippen LogP) is 2.37. The molecule has 21 heavy (non-hydrogen) atoms. The van der Waals surface area contributed by atoms with Crippen molar-refractivity contribution in [2.24, 2.45) is 0 Å². The highest BCUT2D eigenvalue weighted by molar-refractivity contribution is 5.94. The largest absolute Gasteiger partial charge is 0.480 e. The third kappa shape index (κ3) is 5.79. The lowest BCUT2D eigenvalue weighted by Crippen LogP contribution is -2.39. The van der Waals surface area contributed by atoms with Crippen molar-refractivity contribution in [2.75, 3.05) is 11.9 Å². The number of benzene rings is 1. The van der Waals surface area contributed by atoms with Gasteiger partial charge in [0.2, 0.25) is 5.91 Å². The van der Waals surface area contributed by atoms with Crippen molar-refractivity contribution < 1.29 is 14.7 Å². The number of rotatable bonds is 8. The molecule has 1 amide bonds. The summed E-state index contributed by atoms with van der Waals surface area (Å²) < 4.78 is 0. The van der Waals surface area contributed by atoms with Gasteiger partial charge in [0.15, 0.2) is 0 Å². The number of nitrogens with one attached hydrogen (secondary N) is 2. The standard InChI is InChI=1S/C16H22N2O3/c1-4-9-17-14(16(20)21)10-15(19)18-13-7-5-12(6-8-13)11(2)3/h4-8,11,14,17H,1,9-10H2,2-3H3,(H,18,19)(H,20,21). The number of anilines is 1. The van der Waals surface area contributed by atoms with E-state index in [1.807, 2.05) is 24.3 Å². The highest BCUT2D eigenvalue weighted by Gasteiger charge is 2.20. The van der Waals surface area contributed by atoms with Gasteiger partial charge in [0.25, 0.3) is 0 Å². The Morgan fingerprint density at radius 1 is 1.29 bits per heavy atom. The van der Waals surface area contributed by atoms with Crippen LogP contribution in [0.1, 0.15) is 31.7 Å². The zero-order valence-electron chi connectivity index (χ0n) is 12.4. The second-order valence-corrected chi connectivity index (χ2v) is 5.12. The van der Waals surface area contributed by atoms with E-state index in [2.05, 4.69) is 31.1 Å². The van der Waals surface area contributed by atoms with E-state index in [-0.39, 0.29) is 12.3 Å². The summed E-state index contributed by atoms with van der Waals surface area (Å²) in [5, 5.41) is 14.5. The monoisotopic (exact) mass is 290 g/mol.